The molecule has 5 atom stereocenters. The van der Waals surface area contributed by atoms with Crippen LogP contribution in [0.25, 0.3) is 32.9 Å². The molecule has 53 heavy (non-hydrogen) atoms. The number of piperazine rings is 1. The van der Waals surface area contributed by atoms with Crippen LogP contribution in [-0.4, -0.2) is 104 Å². The number of rotatable bonds is 6. The van der Waals surface area contributed by atoms with Gasteiger partial charge >= 0.3 is 12.1 Å². The largest absolute Gasteiger partial charge is 0.461 e. The topological polar surface area (TPSA) is 98.1 Å². The molecule has 0 N–H and O–H groups in total. The van der Waals surface area contributed by atoms with Crippen molar-refractivity contribution in [2.45, 2.75) is 108 Å². The summed E-state index contributed by atoms with van der Waals surface area (Å²) in [4.78, 5) is 29.1. The Hall–Kier alpha value is -3.81. The Morgan fingerprint density at radius 3 is 2.60 bits per heavy atom. The zero-order valence-corrected chi connectivity index (χ0v) is 31.2. The van der Waals surface area contributed by atoms with E-state index in [0.717, 1.165) is 57.0 Å². The molecule has 4 aromatic rings. The van der Waals surface area contributed by atoms with Crippen molar-refractivity contribution >= 4 is 45.3 Å². The van der Waals surface area contributed by atoms with Crippen LogP contribution >= 0.6 is 11.6 Å². The van der Waals surface area contributed by atoms with Crippen LogP contribution in [0.3, 0.4) is 0 Å². The Bertz CT molecular complexity index is 2060. The third kappa shape index (κ3) is 6.16. The van der Waals surface area contributed by atoms with Gasteiger partial charge in [-0.2, -0.15) is 15.1 Å². The van der Waals surface area contributed by atoms with E-state index in [1.807, 2.05) is 42.5 Å². The second-order valence-electron chi connectivity index (χ2n) is 16.5. The lowest BCUT2D eigenvalue weighted by Crippen LogP contribution is -2.57. The number of ether oxygens (including phenoxy) is 3. The zero-order valence-electron chi connectivity index (χ0n) is 30.5. The van der Waals surface area contributed by atoms with Crippen LogP contribution < -0.4 is 9.64 Å². The van der Waals surface area contributed by atoms with E-state index < -0.39 is 23.1 Å². The number of benzene rings is 2. The third-order valence-corrected chi connectivity index (χ3v) is 12.1. The standard InChI is InChI=1S/C39H46ClF2N7O4/c1-38(2,3)53-37(50)48-24-8-9-25(48)21-46(20-24)35-27-11-10-26(32-28-18-43-49(30(28)13-12-29(32)40)31-7-4-5-16-51-31)33(42)34(27)44-36(45-35)52-22-39-14-6-15-47(39)19-23(41)17-39/h10-13,18,23-25,31H,4-9,14-17,19-22H2,1-3H3/t23-,24-,25+,31?,39+/m1/s1. The van der Waals surface area contributed by atoms with Gasteiger partial charge < -0.3 is 19.1 Å². The van der Waals surface area contributed by atoms with Crippen LogP contribution in [0.15, 0.2) is 30.5 Å². The van der Waals surface area contributed by atoms with E-state index in [1.54, 1.807) is 18.3 Å². The Balaban J connectivity index is 1.11. The first-order chi connectivity index (χ1) is 25.5. The average Bonchev–Trinajstić information content (AvgIpc) is 3.87. The van der Waals surface area contributed by atoms with Gasteiger partial charge in [0.15, 0.2) is 12.0 Å². The fourth-order valence-electron chi connectivity index (χ4n) is 9.48. The molecule has 0 radical (unpaired) electrons. The summed E-state index contributed by atoms with van der Waals surface area (Å²) in [5.74, 6) is -0.00824. The molecule has 1 amide bonds. The molecule has 282 valence electrons. The molecule has 0 saturated carbocycles. The molecular formula is C39H46ClF2N7O4. The number of halogens is 3. The van der Waals surface area contributed by atoms with E-state index in [-0.39, 0.29) is 42.5 Å². The van der Waals surface area contributed by atoms with E-state index in [1.165, 1.54) is 0 Å². The molecule has 5 fully saturated rings. The number of carbonyl (C=O) groups excluding carboxylic acids is 1. The molecule has 9 rings (SSSR count). The summed E-state index contributed by atoms with van der Waals surface area (Å²) in [7, 11) is 0. The molecule has 5 saturated heterocycles. The average molecular weight is 750 g/mol. The lowest BCUT2D eigenvalue weighted by Gasteiger charge is -2.42. The quantitative estimate of drug-likeness (QED) is 0.197. The first-order valence-electron chi connectivity index (χ1n) is 19.0. The summed E-state index contributed by atoms with van der Waals surface area (Å²) in [6.07, 6.45) is 7.06. The summed E-state index contributed by atoms with van der Waals surface area (Å²) < 4.78 is 51.9. The van der Waals surface area contributed by atoms with Crippen molar-refractivity contribution in [3.63, 3.8) is 0 Å². The number of alkyl halides is 1. The number of anilines is 1. The molecule has 14 heteroatoms. The van der Waals surface area contributed by atoms with Gasteiger partial charge in [-0.15, -0.1) is 0 Å². The Labute approximate surface area is 312 Å². The predicted octanol–water partition coefficient (Wildman–Crippen LogP) is 7.68. The Morgan fingerprint density at radius 1 is 1.04 bits per heavy atom. The molecule has 11 nitrogen and oxygen atoms in total. The minimum atomic E-state index is -0.912. The highest BCUT2D eigenvalue weighted by Crippen LogP contribution is 2.44. The first-order valence-corrected chi connectivity index (χ1v) is 19.4. The van der Waals surface area contributed by atoms with Gasteiger partial charge in [0.1, 0.15) is 29.7 Å². The molecule has 5 aliphatic heterocycles. The molecule has 0 aliphatic carbocycles. The summed E-state index contributed by atoms with van der Waals surface area (Å²) >= 11 is 6.87. The fourth-order valence-corrected chi connectivity index (χ4v) is 9.74. The van der Waals surface area contributed by atoms with Crippen LogP contribution in [0.4, 0.5) is 19.4 Å². The number of fused-ring (bicyclic) bond motifs is 5. The highest BCUT2D eigenvalue weighted by molar-refractivity contribution is 6.35. The number of aromatic nitrogens is 4. The van der Waals surface area contributed by atoms with Crippen LogP contribution in [0.2, 0.25) is 5.02 Å². The molecule has 2 bridgehead atoms. The predicted molar refractivity (Wildman–Crippen MR) is 198 cm³/mol. The smallest absolute Gasteiger partial charge is 0.410 e. The van der Waals surface area contributed by atoms with Crippen molar-refractivity contribution in [2.75, 3.05) is 44.3 Å². The highest BCUT2D eigenvalue weighted by atomic mass is 35.5. The zero-order chi connectivity index (χ0) is 36.6. The Kier molecular flexibility index (Phi) is 8.69. The van der Waals surface area contributed by atoms with Gasteiger partial charge in [0, 0.05) is 59.6 Å². The van der Waals surface area contributed by atoms with E-state index in [9.17, 15) is 9.18 Å². The molecule has 0 spiro atoms. The van der Waals surface area contributed by atoms with E-state index in [2.05, 4.69) is 14.9 Å². The highest BCUT2D eigenvalue weighted by Gasteiger charge is 2.50. The van der Waals surface area contributed by atoms with Gasteiger partial charge in [0.2, 0.25) is 0 Å². The molecule has 2 aromatic heterocycles. The maximum Gasteiger partial charge on any atom is 0.410 e. The van der Waals surface area contributed by atoms with Crippen LogP contribution in [0.1, 0.15) is 78.4 Å². The SMILES string of the molecule is CC(C)(C)OC(=O)N1[C@@H]2CC[C@H]1CN(c1nc(OC[C@@]34CCCN3C[C@H](F)C4)nc3c(F)c(-c4c(Cl)ccc5c4cnn5C4CCCCO4)ccc13)C2. The number of hydrogen-bond acceptors (Lipinski definition) is 9. The van der Waals surface area contributed by atoms with Crippen molar-refractivity contribution in [3.8, 4) is 17.1 Å². The van der Waals surface area contributed by atoms with E-state index in [0.29, 0.717) is 65.4 Å². The van der Waals surface area contributed by atoms with Crippen LogP contribution in [0.5, 0.6) is 6.01 Å². The van der Waals surface area contributed by atoms with Gasteiger partial charge in [-0.05, 0) is 90.5 Å². The first kappa shape index (κ1) is 34.9. The number of amides is 1. The van der Waals surface area contributed by atoms with Crippen LogP contribution in [-0.2, 0) is 9.47 Å². The van der Waals surface area contributed by atoms with E-state index >= 15 is 4.39 Å². The summed E-state index contributed by atoms with van der Waals surface area (Å²) in [5, 5.41) is 6.31. The lowest BCUT2D eigenvalue weighted by molar-refractivity contribution is -0.0366. The summed E-state index contributed by atoms with van der Waals surface area (Å²) in [6, 6.07) is 7.13. The molecule has 7 heterocycles. The van der Waals surface area contributed by atoms with Gasteiger partial charge in [0.25, 0.3) is 0 Å². The fraction of sp³-hybridized carbons (Fsp3) is 0.590. The van der Waals surface area contributed by atoms with Gasteiger partial charge in [0.05, 0.1) is 29.3 Å². The van der Waals surface area contributed by atoms with E-state index in [4.69, 9.17) is 35.8 Å². The minimum Gasteiger partial charge on any atom is -0.461 e. The van der Waals surface area contributed by atoms with Crippen molar-refractivity contribution in [1.82, 2.24) is 29.5 Å². The maximum absolute atomic E-state index is 17.2. The van der Waals surface area contributed by atoms with Gasteiger partial charge in [-0.3, -0.25) is 9.80 Å². The lowest BCUT2D eigenvalue weighted by atomic mass is 9.95. The van der Waals surface area contributed by atoms with Crippen molar-refractivity contribution < 1.29 is 27.8 Å². The van der Waals surface area contributed by atoms with Crippen molar-refractivity contribution in [3.05, 3.63) is 41.3 Å². The maximum atomic E-state index is 17.2. The number of carbonyl (C=O) groups is 1. The third-order valence-electron chi connectivity index (χ3n) is 11.8. The second kappa shape index (κ2) is 13.2. The normalized spacial score (nSPS) is 27.6. The minimum absolute atomic E-state index is 0.0422. The molecule has 2 aromatic carbocycles. The monoisotopic (exact) mass is 749 g/mol. The van der Waals surface area contributed by atoms with Crippen molar-refractivity contribution in [1.29, 1.82) is 0 Å². The number of nitrogens with zero attached hydrogens (tertiary/aromatic N) is 7. The van der Waals surface area contributed by atoms with Gasteiger partial charge in [-0.25, -0.2) is 18.3 Å². The molecular weight excluding hydrogens is 704 g/mol. The summed E-state index contributed by atoms with van der Waals surface area (Å²) in [6.45, 7) is 8.71. The van der Waals surface area contributed by atoms with Gasteiger partial charge in [-0.1, -0.05) is 17.7 Å². The molecule has 1 unspecified atom stereocenters. The summed E-state index contributed by atoms with van der Waals surface area (Å²) in [5.41, 5.74) is 0.697. The molecule has 5 aliphatic rings. The Morgan fingerprint density at radius 2 is 1.85 bits per heavy atom. The van der Waals surface area contributed by atoms with Crippen molar-refractivity contribution in [2.24, 2.45) is 0 Å². The number of hydrogen-bond donors (Lipinski definition) is 0. The second-order valence-corrected chi connectivity index (χ2v) is 16.9. The van der Waals surface area contributed by atoms with Crippen LogP contribution in [0, 0.1) is 5.82 Å².